The van der Waals surface area contributed by atoms with Gasteiger partial charge >= 0.3 is 0 Å². The van der Waals surface area contributed by atoms with E-state index in [9.17, 15) is 9.59 Å². The van der Waals surface area contributed by atoms with Crippen LogP contribution in [-0.4, -0.2) is 21.2 Å². The van der Waals surface area contributed by atoms with Gasteiger partial charge in [-0.3, -0.25) is 14.2 Å². The maximum Gasteiger partial charge on any atom is 0.267 e. The summed E-state index contributed by atoms with van der Waals surface area (Å²) in [5, 5.41) is 4.60. The van der Waals surface area contributed by atoms with Gasteiger partial charge in [-0.15, -0.1) is 11.3 Å². The molecule has 1 N–H and O–H groups in total. The predicted molar refractivity (Wildman–Crippen MR) is 130 cm³/mol. The molecule has 0 fully saturated rings. The van der Waals surface area contributed by atoms with Crippen LogP contribution in [0.5, 0.6) is 0 Å². The van der Waals surface area contributed by atoms with E-state index in [0.29, 0.717) is 26.1 Å². The Balaban J connectivity index is 1.71. The molecule has 0 bridgehead atoms. The van der Waals surface area contributed by atoms with E-state index in [1.54, 1.807) is 28.8 Å². The summed E-state index contributed by atoms with van der Waals surface area (Å²) in [6.07, 6.45) is 0. The largest absolute Gasteiger partial charge is 0.325 e. The van der Waals surface area contributed by atoms with Crippen molar-refractivity contribution in [2.24, 2.45) is 0 Å². The second kappa shape index (κ2) is 8.86. The van der Waals surface area contributed by atoms with Crippen LogP contribution in [0.2, 0.25) is 5.02 Å². The molecule has 0 aliphatic heterocycles. The maximum absolute atomic E-state index is 13.4. The number of carbonyl (C=O) groups is 1. The highest BCUT2D eigenvalue weighted by molar-refractivity contribution is 7.99. The highest BCUT2D eigenvalue weighted by atomic mass is 35.5. The van der Waals surface area contributed by atoms with Crippen LogP contribution in [0.3, 0.4) is 0 Å². The maximum atomic E-state index is 13.4. The van der Waals surface area contributed by atoms with Crippen molar-refractivity contribution >= 4 is 56.5 Å². The normalized spacial score (nSPS) is 11.1. The van der Waals surface area contributed by atoms with Crippen molar-refractivity contribution in [2.45, 2.75) is 25.9 Å². The molecule has 5 nitrogen and oxygen atoms in total. The van der Waals surface area contributed by atoms with Crippen LogP contribution in [-0.2, 0) is 4.79 Å². The van der Waals surface area contributed by atoms with Gasteiger partial charge in [-0.05, 0) is 62.2 Å². The number of thiophene rings is 1. The Morgan fingerprint density at radius 2 is 1.84 bits per heavy atom. The van der Waals surface area contributed by atoms with Crippen LogP contribution in [0.4, 0.5) is 5.69 Å². The van der Waals surface area contributed by atoms with Crippen molar-refractivity contribution in [1.29, 1.82) is 0 Å². The van der Waals surface area contributed by atoms with E-state index in [1.165, 1.54) is 23.1 Å². The van der Waals surface area contributed by atoms with Crippen LogP contribution in [0.15, 0.2) is 58.5 Å². The van der Waals surface area contributed by atoms with Gasteiger partial charge in [0.2, 0.25) is 5.91 Å². The molecule has 158 valence electrons. The van der Waals surface area contributed by atoms with Crippen molar-refractivity contribution in [3.8, 4) is 5.69 Å². The van der Waals surface area contributed by atoms with Crippen LogP contribution >= 0.6 is 34.7 Å². The van der Waals surface area contributed by atoms with Crippen molar-refractivity contribution in [2.75, 3.05) is 11.1 Å². The van der Waals surface area contributed by atoms with Crippen molar-refractivity contribution in [1.82, 2.24) is 9.55 Å². The third-order valence-corrected chi connectivity index (χ3v) is 7.30. The van der Waals surface area contributed by atoms with E-state index in [0.717, 1.165) is 21.7 Å². The van der Waals surface area contributed by atoms with E-state index in [2.05, 4.69) is 5.32 Å². The first-order chi connectivity index (χ1) is 14.8. The molecule has 0 saturated heterocycles. The first-order valence-electron chi connectivity index (χ1n) is 9.62. The zero-order chi connectivity index (χ0) is 22.1. The average molecular weight is 470 g/mol. The molecule has 0 aliphatic rings. The fraction of sp³-hybridized carbons (Fsp3) is 0.174. The molecule has 2 heterocycles. The van der Waals surface area contributed by atoms with Crippen molar-refractivity contribution < 1.29 is 4.79 Å². The number of carbonyl (C=O) groups excluding carboxylic acids is 1. The fourth-order valence-electron chi connectivity index (χ4n) is 3.22. The van der Waals surface area contributed by atoms with Crippen LogP contribution in [0.25, 0.3) is 15.9 Å². The van der Waals surface area contributed by atoms with Gasteiger partial charge in [0, 0.05) is 15.6 Å². The van der Waals surface area contributed by atoms with E-state index < -0.39 is 0 Å². The topological polar surface area (TPSA) is 64.0 Å². The predicted octanol–water partition coefficient (Wildman–Crippen LogP) is 5.76. The molecule has 8 heteroatoms. The van der Waals surface area contributed by atoms with Gasteiger partial charge in [-0.25, -0.2) is 4.98 Å². The van der Waals surface area contributed by atoms with E-state index in [1.807, 2.05) is 45.0 Å². The molecule has 0 aliphatic carbocycles. The number of nitrogens with one attached hydrogen (secondary N) is 1. The average Bonchev–Trinajstić information content (AvgIpc) is 3.03. The van der Waals surface area contributed by atoms with Gasteiger partial charge in [0.25, 0.3) is 5.56 Å². The number of amides is 1. The molecule has 4 aromatic rings. The number of aromatic nitrogens is 2. The lowest BCUT2D eigenvalue weighted by atomic mass is 10.2. The Morgan fingerprint density at radius 3 is 2.55 bits per heavy atom. The summed E-state index contributed by atoms with van der Waals surface area (Å²) in [5.41, 5.74) is 3.22. The molecule has 1 amide bonds. The Labute approximate surface area is 193 Å². The molecule has 0 unspecified atom stereocenters. The van der Waals surface area contributed by atoms with E-state index >= 15 is 0 Å². The number of anilines is 1. The zero-order valence-electron chi connectivity index (χ0n) is 17.2. The lowest BCUT2D eigenvalue weighted by Gasteiger charge is -2.13. The number of aryl methyl sites for hydroxylation is 3. The molecular formula is C23H20ClN3O2S2. The molecule has 0 spiro atoms. The Morgan fingerprint density at radius 1 is 1.13 bits per heavy atom. The summed E-state index contributed by atoms with van der Waals surface area (Å²) >= 11 is 8.77. The highest BCUT2D eigenvalue weighted by Gasteiger charge is 2.19. The number of halogens is 1. The molecular weight excluding hydrogens is 450 g/mol. The Bertz CT molecular complexity index is 1340. The van der Waals surface area contributed by atoms with Crippen LogP contribution in [0, 0.1) is 20.8 Å². The van der Waals surface area contributed by atoms with Gasteiger partial charge in [-0.2, -0.15) is 0 Å². The van der Waals surface area contributed by atoms with Gasteiger partial charge in [0.15, 0.2) is 5.16 Å². The molecule has 4 rings (SSSR count). The molecule has 2 aromatic heterocycles. The second-order valence-electron chi connectivity index (χ2n) is 7.13. The molecule has 0 atom stereocenters. The second-order valence-corrected chi connectivity index (χ2v) is 9.71. The molecule has 2 aromatic carbocycles. The van der Waals surface area contributed by atoms with E-state index in [-0.39, 0.29) is 17.2 Å². The Hall–Kier alpha value is -2.61. The first-order valence-corrected chi connectivity index (χ1v) is 11.8. The third-order valence-electron chi connectivity index (χ3n) is 5.01. The quantitative estimate of drug-likeness (QED) is 0.298. The molecule has 31 heavy (non-hydrogen) atoms. The minimum absolute atomic E-state index is 0.128. The fourth-order valence-corrected chi connectivity index (χ4v) is 5.23. The Kier molecular flexibility index (Phi) is 6.18. The van der Waals surface area contributed by atoms with Crippen LogP contribution < -0.4 is 10.9 Å². The van der Waals surface area contributed by atoms with Crippen molar-refractivity contribution in [3.05, 3.63) is 79.9 Å². The number of para-hydroxylation sites is 1. The molecule has 0 radical (unpaired) electrons. The summed E-state index contributed by atoms with van der Waals surface area (Å²) in [5.74, 6) is -0.0294. The first kappa shape index (κ1) is 21.6. The number of hydrogen-bond donors (Lipinski definition) is 1. The number of rotatable bonds is 5. The SMILES string of the molecule is Cc1ccccc1NC(=O)CSc1nc2sc(C)c(C)c2c(=O)n1-c1ccc(Cl)cc1. The lowest BCUT2D eigenvalue weighted by molar-refractivity contribution is -0.113. The minimum Gasteiger partial charge on any atom is -0.325 e. The third kappa shape index (κ3) is 4.39. The number of thioether (sulfide) groups is 1. The monoisotopic (exact) mass is 469 g/mol. The van der Waals surface area contributed by atoms with Gasteiger partial charge in [-0.1, -0.05) is 41.6 Å². The summed E-state index contributed by atoms with van der Waals surface area (Å²) in [7, 11) is 0. The van der Waals surface area contributed by atoms with E-state index in [4.69, 9.17) is 16.6 Å². The summed E-state index contributed by atoms with van der Waals surface area (Å²) < 4.78 is 1.56. The summed E-state index contributed by atoms with van der Waals surface area (Å²) in [4.78, 5) is 32.5. The smallest absolute Gasteiger partial charge is 0.267 e. The van der Waals surface area contributed by atoms with Crippen LogP contribution in [0.1, 0.15) is 16.0 Å². The number of nitrogens with zero attached hydrogens (tertiary/aromatic N) is 2. The number of hydrogen-bond acceptors (Lipinski definition) is 5. The van der Waals surface area contributed by atoms with Crippen molar-refractivity contribution in [3.63, 3.8) is 0 Å². The number of benzene rings is 2. The minimum atomic E-state index is -0.158. The lowest BCUT2D eigenvalue weighted by Crippen LogP contribution is -2.23. The highest BCUT2D eigenvalue weighted by Crippen LogP contribution is 2.30. The van der Waals surface area contributed by atoms with Gasteiger partial charge in [0.1, 0.15) is 4.83 Å². The standard InChI is InChI=1S/C23H20ClN3O2S2/c1-13-6-4-5-7-18(13)25-19(28)12-30-23-26-21-20(14(2)15(3)31-21)22(29)27(23)17-10-8-16(24)9-11-17/h4-11H,12H2,1-3H3,(H,25,28). The van der Waals surface area contributed by atoms with Gasteiger partial charge < -0.3 is 5.32 Å². The van der Waals surface area contributed by atoms with Gasteiger partial charge in [0.05, 0.1) is 16.8 Å². The summed E-state index contributed by atoms with van der Waals surface area (Å²) in [6, 6.07) is 14.6. The molecule has 0 saturated carbocycles. The number of fused-ring (bicyclic) bond motifs is 1. The summed E-state index contributed by atoms with van der Waals surface area (Å²) in [6.45, 7) is 5.86. The zero-order valence-corrected chi connectivity index (χ0v) is 19.6.